The summed E-state index contributed by atoms with van der Waals surface area (Å²) in [5.74, 6) is -1.45. The van der Waals surface area contributed by atoms with Gasteiger partial charge in [0.05, 0.1) is 4.92 Å². The first-order valence-electron chi connectivity index (χ1n) is 8.42. The Morgan fingerprint density at radius 3 is 2.43 bits per heavy atom. The number of hydrogen-bond donors (Lipinski definition) is 1. The van der Waals surface area contributed by atoms with Crippen LogP contribution in [0.15, 0.2) is 66.9 Å². The van der Waals surface area contributed by atoms with Gasteiger partial charge in [0.25, 0.3) is 11.6 Å². The van der Waals surface area contributed by atoms with E-state index in [4.69, 9.17) is 16.3 Å². The van der Waals surface area contributed by atoms with Crippen molar-refractivity contribution >= 4 is 34.7 Å². The number of nitro benzene ring substituents is 1. The molecule has 1 N–H and O–H groups in total. The summed E-state index contributed by atoms with van der Waals surface area (Å²) < 4.78 is 5.65. The Morgan fingerprint density at radius 1 is 1.03 bits per heavy atom. The summed E-state index contributed by atoms with van der Waals surface area (Å²) in [7, 11) is 0. The third kappa shape index (κ3) is 4.67. The number of nitrogens with one attached hydrogen (secondary N) is 1. The number of rotatable bonds is 7. The highest BCUT2D eigenvalue weighted by atomic mass is 35.5. The topological polar surface area (TPSA) is 138 Å². The van der Waals surface area contributed by atoms with E-state index in [1.165, 1.54) is 30.5 Å². The molecular formula is C19H13ClN4O6. The molecule has 1 amide bonds. The van der Waals surface area contributed by atoms with Crippen molar-refractivity contribution in [1.82, 2.24) is 4.98 Å². The van der Waals surface area contributed by atoms with E-state index in [9.17, 15) is 25.0 Å². The third-order valence-corrected chi connectivity index (χ3v) is 4.24. The lowest BCUT2D eigenvalue weighted by Gasteiger charge is -2.19. The van der Waals surface area contributed by atoms with Crippen LogP contribution in [0.4, 0.5) is 17.2 Å². The molecule has 11 heteroatoms. The Morgan fingerprint density at radius 2 is 1.77 bits per heavy atom. The number of halogens is 1. The Balaban J connectivity index is 1.94. The van der Waals surface area contributed by atoms with Gasteiger partial charge < -0.3 is 20.2 Å². The number of benzene rings is 2. The Kier molecular flexibility index (Phi) is 6.18. The lowest BCUT2D eigenvalue weighted by atomic mass is 10.1. The van der Waals surface area contributed by atoms with Crippen molar-refractivity contribution in [3.8, 4) is 5.75 Å². The predicted molar refractivity (Wildman–Crippen MR) is 107 cm³/mol. The SMILES string of the molecule is O=C(Nc1ccc(Cl)c([N+](=O)[O-])c1)C(Oc1cccnc1[N+](=O)[O-])c1ccccc1. The van der Waals surface area contributed by atoms with Crippen molar-refractivity contribution in [2.24, 2.45) is 0 Å². The van der Waals surface area contributed by atoms with Crippen molar-refractivity contribution in [3.05, 3.63) is 97.7 Å². The molecule has 0 spiro atoms. The number of nitrogens with zero attached hydrogens (tertiary/aromatic N) is 3. The fraction of sp³-hybridized carbons (Fsp3) is 0.0526. The van der Waals surface area contributed by atoms with Crippen molar-refractivity contribution < 1.29 is 19.4 Å². The molecular weight excluding hydrogens is 416 g/mol. The number of hydrogen-bond acceptors (Lipinski definition) is 7. The molecule has 3 rings (SSSR count). The summed E-state index contributed by atoms with van der Waals surface area (Å²) in [5.41, 5.74) is 0.146. The van der Waals surface area contributed by atoms with Crippen LogP contribution in [-0.2, 0) is 4.79 Å². The van der Waals surface area contributed by atoms with Crippen LogP contribution >= 0.6 is 11.6 Å². The van der Waals surface area contributed by atoms with E-state index in [0.717, 1.165) is 6.07 Å². The van der Waals surface area contributed by atoms with E-state index in [1.54, 1.807) is 30.3 Å². The minimum absolute atomic E-state index is 0.0835. The van der Waals surface area contributed by atoms with Crippen LogP contribution in [0.25, 0.3) is 0 Å². The van der Waals surface area contributed by atoms with Crippen LogP contribution in [-0.4, -0.2) is 20.7 Å². The summed E-state index contributed by atoms with van der Waals surface area (Å²) in [6, 6.07) is 14.8. The second-order valence-electron chi connectivity index (χ2n) is 5.90. The largest absolute Gasteiger partial charge is 0.467 e. The molecule has 0 radical (unpaired) electrons. The van der Waals surface area contributed by atoms with Crippen LogP contribution < -0.4 is 10.1 Å². The first-order valence-corrected chi connectivity index (χ1v) is 8.80. The van der Waals surface area contributed by atoms with E-state index in [1.807, 2.05) is 0 Å². The fourth-order valence-corrected chi connectivity index (χ4v) is 2.76. The number of anilines is 1. The second kappa shape index (κ2) is 8.97. The van der Waals surface area contributed by atoms with Gasteiger partial charge in [0.15, 0.2) is 0 Å². The van der Waals surface area contributed by atoms with E-state index < -0.39 is 27.7 Å². The molecule has 2 aromatic carbocycles. The van der Waals surface area contributed by atoms with Gasteiger partial charge in [0.1, 0.15) is 11.2 Å². The van der Waals surface area contributed by atoms with Crippen molar-refractivity contribution in [2.75, 3.05) is 5.32 Å². The van der Waals surface area contributed by atoms with Crippen LogP contribution in [0.3, 0.4) is 0 Å². The maximum atomic E-state index is 12.9. The standard InChI is InChI=1S/C19H13ClN4O6/c20-14-9-8-13(11-15(14)23(26)27)22-19(25)17(12-5-2-1-3-6-12)30-16-7-4-10-21-18(16)24(28)29/h1-11,17H,(H,22,25). The molecule has 0 saturated heterocycles. The van der Waals surface area contributed by atoms with Gasteiger partial charge in [0.2, 0.25) is 11.9 Å². The monoisotopic (exact) mass is 428 g/mol. The van der Waals surface area contributed by atoms with E-state index >= 15 is 0 Å². The van der Waals surface area contributed by atoms with Gasteiger partial charge in [0, 0.05) is 17.3 Å². The highest BCUT2D eigenvalue weighted by Crippen LogP contribution is 2.31. The van der Waals surface area contributed by atoms with Gasteiger partial charge in [-0.15, -0.1) is 0 Å². The maximum Gasteiger partial charge on any atom is 0.406 e. The molecule has 0 aliphatic heterocycles. The second-order valence-corrected chi connectivity index (χ2v) is 6.31. The van der Waals surface area contributed by atoms with E-state index in [-0.39, 0.29) is 22.1 Å². The lowest BCUT2D eigenvalue weighted by molar-refractivity contribution is -0.390. The molecule has 1 heterocycles. The first kappa shape index (κ1) is 20.7. The molecule has 1 aromatic heterocycles. The first-order chi connectivity index (χ1) is 14.4. The Bertz CT molecular complexity index is 1110. The molecule has 0 aliphatic carbocycles. The number of pyridine rings is 1. The molecule has 30 heavy (non-hydrogen) atoms. The van der Waals surface area contributed by atoms with Gasteiger partial charge >= 0.3 is 5.82 Å². The minimum atomic E-state index is -1.29. The van der Waals surface area contributed by atoms with E-state index in [2.05, 4.69) is 10.3 Å². The van der Waals surface area contributed by atoms with Gasteiger partial charge in [-0.3, -0.25) is 14.9 Å². The molecule has 1 atom stereocenters. The van der Waals surface area contributed by atoms with Crippen LogP contribution in [0.5, 0.6) is 5.75 Å². The van der Waals surface area contributed by atoms with Gasteiger partial charge in [-0.1, -0.05) is 41.9 Å². The molecule has 3 aromatic rings. The van der Waals surface area contributed by atoms with Gasteiger partial charge in [-0.05, 0) is 34.2 Å². The number of aromatic nitrogens is 1. The zero-order valence-electron chi connectivity index (χ0n) is 15.1. The molecule has 152 valence electrons. The average Bonchev–Trinajstić information content (AvgIpc) is 2.74. The summed E-state index contributed by atoms with van der Waals surface area (Å²) in [6.07, 6.45) is -0.0565. The minimum Gasteiger partial charge on any atom is -0.467 e. The van der Waals surface area contributed by atoms with Crippen LogP contribution in [0.2, 0.25) is 5.02 Å². The molecule has 0 bridgehead atoms. The summed E-state index contributed by atoms with van der Waals surface area (Å²) in [6.45, 7) is 0. The number of nitro groups is 2. The Hall–Kier alpha value is -4.05. The molecule has 0 fully saturated rings. The Labute approximate surface area is 174 Å². The molecule has 10 nitrogen and oxygen atoms in total. The molecule has 1 unspecified atom stereocenters. The maximum absolute atomic E-state index is 12.9. The van der Waals surface area contributed by atoms with Crippen molar-refractivity contribution in [2.45, 2.75) is 6.10 Å². The highest BCUT2D eigenvalue weighted by Gasteiger charge is 2.27. The van der Waals surface area contributed by atoms with E-state index in [0.29, 0.717) is 5.56 Å². The van der Waals surface area contributed by atoms with Crippen LogP contribution in [0, 0.1) is 20.2 Å². The summed E-state index contributed by atoms with van der Waals surface area (Å²) >= 11 is 5.79. The zero-order chi connectivity index (χ0) is 21.7. The number of carbonyl (C=O) groups is 1. The zero-order valence-corrected chi connectivity index (χ0v) is 15.9. The quantitative estimate of drug-likeness (QED) is 0.437. The van der Waals surface area contributed by atoms with Gasteiger partial charge in [-0.25, -0.2) is 0 Å². The van der Waals surface area contributed by atoms with Gasteiger partial charge in [-0.2, -0.15) is 0 Å². The number of carbonyl (C=O) groups excluding carboxylic acids is 1. The van der Waals surface area contributed by atoms with Crippen molar-refractivity contribution in [3.63, 3.8) is 0 Å². The predicted octanol–water partition coefficient (Wildman–Crippen LogP) is 4.31. The summed E-state index contributed by atoms with van der Waals surface area (Å²) in [4.78, 5) is 37.5. The highest BCUT2D eigenvalue weighted by molar-refractivity contribution is 6.32. The smallest absolute Gasteiger partial charge is 0.406 e. The normalized spacial score (nSPS) is 11.4. The van der Waals surface area contributed by atoms with Crippen molar-refractivity contribution in [1.29, 1.82) is 0 Å². The number of amides is 1. The number of ether oxygens (including phenoxy) is 1. The lowest BCUT2D eigenvalue weighted by Crippen LogP contribution is -2.26. The fourth-order valence-electron chi connectivity index (χ4n) is 2.58. The molecule has 0 aliphatic rings. The third-order valence-electron chi connectivity index (χ3n) is 3.92. The average molecular weight is 429 g/mol. The summed E-state index contributed by atoms with van der Waals surface area (Å²) in [5, 5.41) is 24.7. The van der Waals surface area contributed by atoms with Crippen LogP contribution in [0.1, 0.15) is 11.7 Å². The molecule has 0 saturated carbocycles.